The zero-order valence-corrected chi connectivity index (χ0v) is 8.79. The van der Waals surface area contributed by atoms with Gasteiger partial charge in [-0.05, 0) is 25.0 Å². The highest BCUT2D eigenvalue weighted by molar-refractivity contribution is 8.00. The van der Waals surface area contributed by atoms with Crippen molar-refractivity contribution < 1.29 is 9.76 Å². The van der Waals surface area contributed by atoms with E-state index in [4.69, 9.17) is 0 Å². The second kappa shape index (κ2) is 4.00. The third-order valence-corrected chi connectivity index (χ3v) is 3.39. The van der Waals surface area contributed by atoms with Gasteiger partial charge < -0.3 is 0 Å². The molecule has 4 heteroatoms. The van der Waals surface area contributed by atoms with Gasteiger partial charge in [-0.3, -0.25) is 0 Å². The Morgan fingerprint density at radius 1 is 1.36 bits per heavy atom. The van der Waals surface area contributed by atoms with E-state index < -0.39 is 0 Å². The first-order valence-corrected chi connectivity index (χ1v) is 5.45. The van der Waals surface area contributed by atoms with Gasteiger partial charge in [-0.15, -0.1) is 11.8 Å². The van der Waals surface area contributed by atoms with Gasteiger partial charge in [0.25, 0.3) is 4.92 Å². The fourth-order valence-electron chi connectivity index (χ4n) is 1.13. The van der Waals surface area contributed by atoms with Crippen LogP contribution >= 0.6 is 11.8 Å². The molecule has 1 aromatic rings. The van der Waals surface area contributed by atoms with Crippen LogP contribution in [-0.2, 0) is 4.84 Å². The predicted molar refractivity (Wildman–Crippen MR) is 55.6 cm³/mol. The summed E-state index contributed by atoms with van der Waals surface area (Å²) in [5.74, 6) is 0. The van der Waals surface area contributed by atoms with Crippen molar-refractivity contribution in [3.63, 3.8) is 0 Å². The smallest absolute Gasteiger partial charge is 0.230 e. The first-order chi connectivity index (χ1) is 6.79. The van der Waals surface area contributed by atoms with E-state index in [1.54, 1.807) is 12.1 Å². The summed E-state index contributed by atoms with van der Waals surface area (Å²) in [5.41, 5.74) is 0.535. The summed E-state index contributed by atoms with van der Waals surface area (Å²) in [6.07, 6.45) is 2.64. The van der Waals surface area contributed by atoms with Crippen molar-refractivity contribution in [3.05, 3.63) is 29.2 Å². The largest absolute Gasteiger partial charge is 0.316 e. The molecule has 3 nitrogen and oxygen atoms in total. The Kier molecular flexibility index (Phi) is 2.72. The summed E-state index contributed by atoms with van der Waals surface area (Å²) in [7, 11) is 1.36. The first-order valence-electron chi connectivity index (χ1n) is 4.57. The van der Waals surface area contributed by atoms with E-state index in [9.17, 15) is 4.91 Å². The molecule has 0 bridgehead atoms. The van der Waals surface area contributed by atoms with E-state index in [1.807, 2.05) is 23.9 Å². The molecular formula is C10H12NO2S+. The maximum atomic E-state index is 11.0. The predicted octanol–water partition coefficient (Wildman–Crippen LogP) is 2.91. The molecule has 0 saturated heterocycles. The number of hydrogen-bond donors (Lipinski definition) is 0. The SMILES string of the molecule is CO[N+](=O)c1ccc(SC2CC2)cc1. The highest BCUT2D eigenvalue weighted by Gasteiger charge is 2.23. The maximum Gasteiger partial charge on any atom is 0.316 e. The molecule has 0 radical (unpaired) electrons. The second-order valence-corrected chi connectivity index (χ2v) is 4.62. The van der Waals surface area contributed by atoms with E-state index in [2.05, 4.69) is 4.84 Å². The number of rotatable bonds is 4. The van der Waals surface area contributed by atoms with Crippen molar-refractivity contribution in [3.8, 4) is 0 Å². The van der Waals surface area contributed by atoms with Crippen LogP contribution in [-0.4, -0.2) is 17.3 Å². The van der Waals surface area contributed by atoms with E-state index >= 15 is 0 Å². The van der Waals surface area contributed by atoms with Crippen molar-refractivity contribution in [2.45, 2.75) is 23.0 Å². The molecule has 1 aliphatic rings. The van der Waals surface area contributed by atoms with Gasteiger partial charge in [0.2, 0.25) is 0 Å². The molecule has 0 heterocycles. The topological polar surface area (TPSA) is 29.3 Å². The van der Waals surface area contributed by atoms with Crippen LogP contribution in [0.15, 0.2) is 29.2 Å². The highest BCUT2D eigenvalue weighted by atomic mass is 32.2. The Morgan fingerprint density at radius 2 is 2.00 bits per heavy atom. The van der Waals surface area contributed by atoms with Crippen LogP contribution in [0.1, 0.15) is 12.8 Å². The first kappa shape index (κ1) is 9.52. The van der Waals surface area contributed by atoms with Crippen LogP contribution in [0.5, 0.6) is 0 Å². The number of hydrogen-bond acceptors (Lipinski definition) is 3. The molecule has 0 N–H and O–H groups in total. The van der Waals surface area contributed by atoms with Crippen molar-refractivity contribution in [2.24, 2.45) is 0 Å². The molecule has 0 atom stereocenters. The zero-order valence-electron chi connectivity index (χ0n) is 7.97. The van der Waals surface area contributed by atoms with Crippen LogP contribution in [0.25, 0.3) is 0 Å². The molecule has 1 aliphatic carbocycles. The van der Waals surface area contributed by atoms with Crippen molar-refractivity contribution >= 4 is 17.4 Å². The normalized spacial score (nSPS) is 15.2. The molecule has 0 amide bonds. The molecular weight excluding hydrogens is 198 g/mol. The molecule has 1 aromatic carbocycles. The molecule has 0 unspecified atom stereocenters. The zero-order chi connectivity index (χ0) is 9.97. The van der Waals surface area contributed by atoms with E-state index in [0.717, 1.165) is 5.25 Å². The van der Waals surface area contributed by atoms with Gasteiger partial charge in [0.1, 0.15) is 0 Å². The van der Waals surface area contributed by atoms with Gasteiger partial charge >= 0.3 is 5.69 Å². The van der Waals surface area contributed by atoms with Gasteiger partial charge in [-0.2, -0.15) is 0 Å². The van der Waals surface area contributed by atoms with Crippen LogP contribution in [0, 0.1) is 4.91 Å². The fraction of sp³-hybridized carbons (Fsp3) is 0.400. The molecule has 2 rings (SSSR count). The summed E-state index contributed by atoms with van der Waals surface area (Å²) in [5, 5.41) is 0.798. The Labute approximate surface area is 87.0 Å². The van der Waals surface area contributed by atoms with Gasteiger partial charge in [-0.1, -0.05) is 0 Å². The van der Waals surface area contributed by atoms with Crippen LogP contribution in [0.4, 0.5) is 5.69 Å². The van der Waals surface area contributed by atoms with E-state index in [-0.39, 0.29) is 0 Å². The third-order valence-electron chi connectivity index (χ3n) is 2.04. The molecule has 0 spiro atoms. The van der Waals surface area contributed by atoms with E-state index in [0.29, 0.717) is 10.6 Å². The average Bonchev–Trinajstić information content (AvgIpc) is 3.02. The number of thioether (sulfide) groups is 1. The van der Waals surface area contributed by atoms with Crippen molar-refractivity contribution in [2.75, 3.05) is 7.11 Å². The Morgan fingerprint density at radius 3 is 2.50 bits per heavy atom. The Hall–Kier alpha value is -1.03. The van der Waals surface area contributed by atoms with E-state index in [1.165, 1.54) is 24.8 Å². The standard InChI is InChI=1S/C10H12NO2S/c1-13-11(12)8-2-4-9(5-3-8)14-10-6-7-10/h2-5,10H,6-7H2,1H3/q+1. The minimum atomic E-state index is 0.506. The van der Waals surface area contributed by atoms with Gasteiger partial charge in [0.05, 0.1) is 4.91 Å². The van der Waals surface area contributed by atoms with Crippen LogP contribution in [0.3, 0.4) is 0 Å². The minimum absolute atomic E-state index is 0.506. The lowest BCUT2D eigenvalue weighted by atomic mass is 10.3. The van der Waals surface area contributed by atoms with Crippen LogP contribution in [0.2, 0.25) is 0 Å². The number of nitrogens with zero attached hydrogens (tertiary/aromatic N) is 1. The molecule has 0 aromatic heterocycles. The van der Waals surface area contributed by atoms with Gasteiger partial charge in [0, 0.05) is 22.3 Å². The van der Waals surface area contributed by atoms with Crippen molar-refractivity contribution in [1.29, 1.82) is 0 Å². The lowest BCUT2D eigenvalue weighted by Gasteiger charge is -1.96. The molecule has 1 saturated carbocycles. The lowest BCUT2D eigenvalue weighted by Crippen LogP contribution is -1.97. The van der Waals surface area contributed by atoms with Gasteiger partial charge in [-0.25, -0.2) is 4.84 Å². The second-order valence-electron chi connectivity index (χ2n) is 3.25. The summed E-state index contributed by atoms with van der Waals surface area (Å²) in [6, 6.07) is 7.48. The summed E-state index contributed by atoms with van der Waals surface area (Å²) < 4.78 is 0. The summed E-state index contributed by atoms with van der Waals surface area (Å²) >= 11 is 1.88. The molecule has 0 aliphatic heterocycles. The van der Waals surface area contributed by atoms with Gasteiger partial charge in [0.15, 0.2) is 7.11 Å². The monoisotopic (exact) mass is 210 g/mol. The highest BCUT2D eigenvalue weighted by Crippen LogP contribution is 2.39. The van der Waals surface area contributed by atoms with Crippen LogP contribution < -0.4 is 0 Å². The summed E-state index contributed by atoms with van der Waals surface area (Å²) in [4.78, 5) is 17.3. The Balaban J connectivity index is 2.04. The summed E-state index contributed by atoms with van der Waals surface area (Å²) in [6.45, 7) is 0. The third kappa shape index (κ3) is 2.26. The molecule has 14 heavy (non-hydrogen) atoms. The average molecular weight is 210 g/mol. The maximum absolute atomic E-state index is 11.0. The molecule has 1 fully saturated rings. The minimum Gasteiger partial charge on any atom is -0.230 e. The molecule has 74 valence electrons. The Bertz CT molecular complexity index is 332. The fourth-order valence-corrected chi connectivity index (χ4v) is 2.18. The van der Waals surface area contributed by atoms with Crippen molar-refractivity contribution in [1.82, 2.24) is 0 Å². The quantitative estimate of drug-likeness (QED) is 0.715. The number of benzene rings is 1. The lowest BCUT2D eigenvalue weighted by molar-refractivity contribution is -0.736.